The van der Waals surface area contributed by atoms with Gasteiger partial charge in [-0.2, -0.15) is 0 Å². The average molecular weight is 412 g/mol. The summed E-state index contributed by atoms with van der Waals surface area (Å²) in [5.74, 6) is -0.0162. The Kier molecular flexibility index (Phi) is 6.39. The van der Waals surface area contributed by atoms with E-state index in [2.05, 4.69) is 18.6 Å². The summed E-state index contributed by atoms with van der Waals surface area (Å²) >= 11 is 0. The Morgan fingerprint density at radius 2 is 1.66 bits per heavy atom. The van der Waals surface area contributed by atoms with Crippen LogP contribution in [0.25, 0.3) is 5.57 Å². The maximum atomic E-state index is 13.2. The molecular formula is C24H29NO3S. The van der Waals surface area contributed by atoms with Crippen LogP contribution in [-0.2, 0) is 14.8 Å². The van der Waals surface area contributed by atoms with Gasteiger partial charge in [0.25, 0.3) is 0 Å². The van der Waals surface area contributed by atoms with Gasteiger partial charge in [-0.3, -0.25) is 4.79 Å². The predicted molar refractivity (Wildman–Crippen MR) is 117 cm³/mol. The van der Waals surface area contributed by atoms with Crippen LogP contribution in [0.5, 0.6) is 0 Å². The fourth-order valence-corrected chi connectivity index (χ4v) is 5.13. The van der Waals surface area contributed by atoms with E-state index < -0.39 is 22.0 Å². The number of hydrogen-bond donors (Lipinski definition) is 1. The third kappa shape index (κ3) is 4.85. The number of ketones is 1. The molecule has 0 fully saturated rings. The fraction of sp³-hybridized carbons (Fsp3) is 0.375. The first-order valence-corrected chi connectivity index (χ1v) is 11.6. The largest absolute Gasteiger partial charge is 0.294 e. The van der Waals surface area contributed by atoms with Crippen molar-refractivity contribution in [1.82, 2.24) is 4.72 Å². The van der Waals surface area contributed by atoms with Gasteiger partial charge in [0.2, 0.25) is 10.0 Å². The van der Waals surface area contributed by atoms with Crippen molar-refractivity contribution in [3.63, 3.8) is 0 Å². The average Bonchev–Trinajstić information content (AvgIpc) is 2.68. The molecule has 2 aromatic carbocycles. The number of allylic oxidation sites excluding steroid dienone is 1. The fourth-order valence-electron chi connectivity index (χ4n) is 3.82. The molecule has 0 unspecified atom stereocenters. The summed E-state index contributed by atoms with van der Waals surface area (Å²) in [6.07, 6.45) is 1.20. The van der Waals surface area contributed by atoms with Crippen LogP contribution in [0, 0.1) is 18.8 Å². The minimum atomic E-state index is -3.70. The van der Waals surface area contributed by atoms with Gasteiger partial charge in [-0.1, -0.05) is 68.8 Å². The minimum absolute atomic E-state index is 0.0420. The lowest BCUT2D eigenvalue weighted by atomic mass is 9.76. The van der Waals surface area contributed by atoms with Crippen molar-refractivity contribution >= 4 is 21.4 Å². The number of rotatable bonds is 6. The molecule has 3 rings (SSSR count). The molecule has 1 aliphatic rings. The number of benzene rings is 2. The second-order valence-corrected chi connectivity index (χ2v) is 10.0. The molecule has 1 N–H and O–H groups in total. The Labute approximate surface area is 174 Å². The standard InChI is InChI=1S/C24H29NO3S/c1-16(2)14-22-21(19-8-6-5-7-9-19)15-23(18(4)24(22)26)25-29(27,28)20-12-10-17(3)11-13-20/h5-13,16,18,23,25H,14-15H2,1-4H3/t18-,23+/m1/s1. The van der Waals surface area contributed by atoms with Gasteiger partial charge in [-0.05, 0) is 54.5 Å². The van der Waals surface area contributed by atoms with E-state index in [1.165, 1.54) is 0 Å². The van der Waals surface area contributed by atoms with E-state index in [0.29, 0.717) is 18.8 Å². The first kappa shape index (κ1) is 21.5. The zero-order chi connectivity index (χ0) is 21.2. The predicted octanol–water partition coefficient (Wildman–Crippen LogP) is 4.75. The Morgan fingerprint density at radius 3 is 2.24 bits per heavy atom. The Balaban J connectivity index is 1.97. The van der Waals surface area contributed by atoms with Gasteiger partial charge >= 0.3 is 0 Å². The number of sulfonamides is 1. The molecule has 0 aromatic heterocycles. The Morgan fingerprint density at radius 1 is 1.03 bits per heavy atom. The number of nitrogens with one attached hydrogen (secondary N) is 1. The number of hydrogen-bond acceptors (Lipinski definition) is 3. The summed E-state index contributed by atoms with van der Waals surface area (Å²) in [5, 5.41) is 0. The highest BCUT2D eigenvalue weighted by Crippen LogP contribution is 2.37. The van der Waals surface area contributed by atoms with Gasteiger partial charge in [-0.15, -0.1) is 0 Å². The maximum absolute atomic E-state index is 13.2. The number of aryl methyl sites for hydroxylation is 1. The minimum Gasteiger partial charge on any atom is -0.294 e. The molecule has 0 bridgehead atoms. The van der Waals surface area contributed by atoms with Crippen LogP contribution in [0.3, 0.4) is 0 Å². The van der Waals surface area contributed by atoms with Crippen molar-refractivity contribution in [2.45, 2.75) is 51.5 Å². The SMILES string of the molecule is Cc1ccc(S(=O)(=O)N[C@H]2CC(c3ccccc3)=C(CC(C)C)C(=O)[C@@H]2C)cc1. The van der Waals surface area contributed by atoms with Crippen LogP contribution >= 0.6 is 0 Å². The monoisotopic (exact) mass is 411 g/mol. The second kappa shape index (κ2) is 8.64. The molecule has 5 heteroatoms. The molecule has 0 spiro atoms. The summed E-state index contributed by atoms with van der Waals surface area (Å²) in [4.78, 5) is 13.5. The van der Waals surface area contributed by atoms with E-state index in [-0.39, 0.29) is 10.7 Å². The normalized spacial score (nSPS) is 20.4. The second-order valence-electron chi connectivity index (χ2n) is 8.32. The molecule has 2 aromatic rings. The van der Waals surface area contributed by atoms with E-state index in [4.69, 9.17) is 0 Å². The van der Waals surface area contributed by atoms with Crippen molar-refractivity contribution in [2.75, 3.05) is 0 Å². The highest BCUT2D eigenvalue weighted by atomic mass is 32.2. The molecule has 0 heterocycles. The first-order valence-electron chi connectivity index (χ1n) is 10.1. The summed E-state index contributed by atoms with van der Waals surface area (Å²) < 4.78 is 28.7. The van der Waals surface area contributed by atoms with Crippen LogP contribution in [0.1, 0.15) is 44.7 Å². The van der Waals surface area contributed by atoms with E-state index in [1.54, 1.807) is 24.3 Å². The molecule has 4 nitrogen and oxygen atoms in total. The zero-order valence-corrected chi connectivity index (χ0v) is 18.3. The molecular weight excluding hydrogens is 382 g/mol. The number of carbonyl (C=O) groups is 1. The smallest absolute Gasteiger partial charge is 0.240 e. The zero-order valence-electron chi connectivity index (χ0n) is 17.5. The lowest BCUT2D eigenvalue weighted by molar-refractivity contribution is -0.119. The van der Waals surface area contributed by atoms with Gasteiger partial charge in [0.05, 0.1) is 4.90 Å². The molecule has 2 atom stereocenters. The highest BCUT2D eigenvalue weighted by molar-refractivity contribution is 7.89. The summed E-state index contributed by atoms with van der Waals surface area (Å²) in [5.41, 5.74) is 3.78. The highest BCUT2D eigenvalue weighted by Gasteiger charge is 2.37. The third-order valence-corrected chi connectivity index (χ3v) is 6.98. The van der Waals surface area contributed by atoms with Crippen molar-refractivity contribution in [3.8, 4) is 0 Å². The third-order valence-electron chi connectivity index (χ3n) is 5.48. The van der Waals surface area contributed by atoms with E-state index in [9.17, 15) is 13.2 Å². The van der Waals surface area contributed by atoms with Crippen LogP contribution in [-0.4, -0.2) is 20.2 Å². The van der Waals surface area contributed by atoms with E-state index in [1.807, 2.05) is 44.2 Å². The topological polar surface area (TPSA) is 63.2 Å². The van der Waals surface area contributed by atoms with Crippen molar-refractivity contribution in [2.24, 2.45) is 11.8 Å². The first-order chi connectivity index (χ1) is 13.7. The maximum Gasteiger partial charge on any atom is 0.240 e. The lowest BCUT2D eigenvalue weighted by Gasteiger charge is -2.33. The molecule has 0 amide bonds. The van der Waals surface area contributed by atoms with E-state index >= 15 is 0 Å². The van der Waals surface area contributed by atoms with E-state index in [0.717, 1.165) is 22.3 Å². The summed E-state index contributed by atoms with van der Waals surface area (Å²) in [6, 6.07) is 16.1. The van der Waals surface area contributed by atoms with Crippen molar-refractivity contribution in [3.05, 3.63) is 71.3 Å². The van der Waals surface area contributed by atoms with Crippen LogP contribution in [0.4, 0.5) is 0 Å². The van der Waals surface area contributed by atoms with Crippen LogP contribution < -0.4 is 4.72 Å². The van der Waals surface area contributed by atoms with Gasteiger partial charge in [0.1, 0.15) is 0 Å². The molecule has 0 saturated carbocycles. The molecule has 1 aliphatic carbocycles. The summed E-state index contributed by atoms with van der Waals surface area (Å²) in [7, 11) is -3.70. The van der Waals surface area contributed by atoms with Gasteiger partial charge in [0.15, 0.2) is 5.78 Å². The van der Waals surface area contributed by atoms with Gasteiger partial charge in [0, 0.05) is 12.0 Å². The molecule has 0 radical (unpaired) electrons. The van der Waals surface area contributed by atoms with Crippen molar-refractivity contribution < 1.29 is 13.2 Å². The molecule has 0 saturated heterocycles. The quantitative estimate of drug-likeness (QED) is 0.746. The molecule has 0 aliphatic heterocycles. The van der Waals surface area contributed by atoms with Gasteiger partial charge < -0.3 is 0 Å². The van der Waals surface area contributed by atoms with Gasteiger partial charge in [-0.25, -0.2) is 13.1 Å². The molecule has 29 heavy (non-hydrogen) atoms. The number of carbonyl (C=O) groups excluding carboxylic acids is 1. The summed E-state index contributed by atoms with van der Waals surface area (Å²) in [6.45, 7) is 7.94. The van der Waals surface area contributed by atoms with Crippen LogP contribution in [0.15, 0.2) is 65.1 Å². The Bertz CT molecular complexity index is 1010. The number of Topliss-reactive ketones (excluding diaryl/α,β-unsaturated/α-hetero) is 1. The van der Waals surface area contributed by atoms with Crippen LogP contribution in [0.2, 0.25) is 0 Å². The lowest BCUT2D eigenvalue weighted by Crippen LogP contribution is -2.45. The van der Waals surface area contributed by atoms with Crippen molar-refractivity contribution in [1.29, 1.82) is 0 Å². The Hall–Kier alpha value is -2.24. The molecule has 154 valence electrons.